The summed E-state index contributed by atoms with van der Waals surface area (Å²) in [7, 11) is 1.84. The van der Waals surface area contributed by atoms with Crippen LogP contribution in [0, 0.1) is 17.8 Å². The zero-order valence-electron chi connectivity index (χ0n) is 8.54. The number of hydrogen-bond acceptors (Lipinski definition) is 1. The van der Waals surface area contributed by atoms with Crippen molar-refractivity contribution in [2.24, 2.45) is 17.8 Å². The Morgan fingerprint density at radius 2 is 2.23 bits per heavy atom. The average molecular weight is 180 g/mol. The maximum atomic E-state index is 5.31. The van der Waals surface area contributed by atoms with Crippen LogP contribution in [0.5, 0.6) is 0 Å². The van der Waals surface area contributed by atoms with Crippen molar-refractivity contribution in [1.82, 2.24) is 0 Å². The summed E-state index contributed by atoms with van der Waals surface area (Å²) in [6, 6.07) is 0. The van der Waals surface area contributed by atoms with E-state index < -0.39 is 0 Å². The van der Waals surface area contributed by atoms with Gasteiger partial charge in [0.05, 0.1) is 0 Å². The normalized spacial score (nSPS) is 38.7. The quantitative estimate of drug-likeness (QED) is 0.593. The molecule has 2 aliphatic rings. The van der Waals surface area contributed by atoms with Crippen LogP contribution in [0.25, 0.3) is 0 Å². The Labute approximate surface area is 81.2 Å². The summed E-state index contributed by atoms with van der Waals surface area (Å²) in [5, 5.41) is 0. The van der Waals surface area contributed by atoms with Gasteiger partial charge in [-0.25, -0.2) is 0 Å². The van der Waals surface area contributed by atoms with E-state index in [9.17, 15) is 0 Å². The molecule has 74 valence electrons. The standard InChI is InChI=1S/C12H20O/c1-13-9-11-7-4-6-10-5-2-3-8-12(10)11/h2,5,10-12H,3-4,6-9H2,1H3. The van der Waals surface area contributed by atoms with E-state index >= 15 is 0 Å². The van der Waals surface area contributed by atoms with Gasteiger partial charge in [-0.1, -0.05) is 18.6 Å². The smallest absolute Gasteiger partial charge is 0.0493 e. The molecule has 0 aromatic carbocycles. The van der Waals surface area contributed by atoms with Gasteiger partial charge in [0.2, 0.25) is 0 Å². The van der Waals surface area contributed by atoms with E-state index in [1.54, 1.807) is 0 Å². The Hall–Kier alpha value is -0.300. The molecule has 0 spiro atoms. The Kier molecular flexibility index (Phi) is 3.05. The van der Waals surface area contributed by atoms with E-state index in [0.717, 1.165) is 24.4 Å². The van der Waals surface area contributed by atoms with Crippen LogP contribution in [0.2, 0.25) is 0 Å². The lowest BCUT2D eigenvalue weighted by Gasteiger charge is -2.38. The number of methoxy groups -OCH3 is 1. The minimum Gasteiger partial charge on any atom is -0.384 e. The molecule has 1 saturated carbocycles. The number of rotatable bonds is 2. The van der Waals surface area contributed by atoms with Crippen LogP contribution in [0.15, 0.2) is 12.2 Å². The zero-order valence-corrected chi connectivity index (χ0v) is 8.54. The van der Waals surface area contributed by atoms with Crippen LogP contribution >= 0.6 is 0 Å². The minimum absolute atomic E-state index is 0.841. The highest BCUT2D eigenvalue weighted by Crippen LogP contribution is 2.40. The van der Waals surface area contributed by atoms with Gasteiger partial charge in [0.1, 0.15) is 0 Å². The lowest BCUT2D eigenvalue weighted by atomic mass is 9.68. The van der Waals surface area contributed by atoms with Crippen molar-refractivity contribution in [3.63, 3.8) is 0 Å². The second kappa shape index (κ2) is 4.28. The number of ether oxygens (including phenoxy) is 1. The monoisotopic (exact) mass is 180 g/mol. The molecule has 0 aromatic rings. The van der Waals surface area contributed by atoms with E-state index in [0.29, 0.717) is 0 Å². The number of hydrogen-bond donors (Lipinski definition) is 0. The van der Waals surface area contributed by atoms with E-state index in [1.807, 2.05) is 7.11 Å². The third kappa shape index (κ3) is 1.96. The molecule has 1 nitrogen and oxygen atoms in total. The molecule has 0 aliphatic heterocycles. The molecule has 2 aliphatic carbocycles. The SMILES string of the molecule is COCC1CCCC2C=CCCC21. The van der Waals surface area contributed by atoms with Crippen molar-refractivity contribution < 1.29 is 4.74 Å². The second-order valence-corrected chi connectivity index (χ2v) is 4.48. The molecule has 3 atom stereocenters. The summed E-state index contributed by atoms with van der Waals surface area (Å²) in [5.74, 6) is 2.65. The third-order valence-corrected chi connectivity index (χ3v) is 3.70. The molecule has 0 saturated heterocycles. The van der Waals surface area contributed by atoms with Crippen molar-refractivity contribution >= 4 is 0 Å². The number of fused-ring (bicyclic) bond motifs is 1. The van der Waals surface area contributed by atoms with Crippen LogP contribution in [0.1, 0.15) is 32.1 Å². The fraction of sp³-hybridized carbons (Fsp3) is 0.833. The molecule has 1 heteroatoms. The van der Waals surface area contributed by atoms with Crippen LogP contribution in [-0.4, -0.2) is 13.7 Å². The first-order valence-corrected chi connectivity index (χ1v) is 5.57. The van der Waals surface area contributed by atoms with Crippen LogP contribution in [0.4, 0.5) is 0 Å². The predicted octanol–water partition coefficient (Wildman–Crippen LogP) is 3.02. The predicted molar refractivity (Wildman–Crippen MR) is 54.6 cm³/mol. The Bertz CT molecular complexity index is 184. The average Bonchev–Trinajstić information content (AvgIpc) is 2.19. The molecule has 0 amide bonds. The molecule has 1 fully saturated rings. The Morgan fingerprint density at radius 1 is 1.31 bits per heavy atom. The summed E-state index contributed by atoms with van der Waals surface area (Å²) in [4.78, 5) is 0. The van der Waals surface area contributed by atoms with E-state index in [1.165, 1.54) is 32.1 Å². The maximum absolute atomic E-state index is 5.31. The summed E-state index contributed by atoms with van der Waals surface area (Å²) in [6.45, 7) is 0.981. The highest BCUT2D eigenvalue weighted by Gasteiger charge is 2.32. The molecule has 13 heavy (non-hydrogen) atoms. The van der Waals surface area contributed by atoms with Crippen molar-refractivity contribution in [1.29, 1.82) is 0 Å². The molecule has 0 heterocycles. The van der Waals surface area contributed by atoms with Crippen molar-refractivity contribution in [3.8, 4) is 0 Å². The van der Waals surface area contributed by atoms with E-state index in [-0.39, 0.29) is 0 Å². The van der Waals surface area contributed by atoms with Crippen LogP contribution in [-0.2, 0) is 4.74 Å². The largest absolute Gasteiger partial charge is 0.384 e. The van der Waals surface area contributed by atoms with Crippen LogP contribution in [0.3, 0.4) is 0 Å². The van der Waals surface area contributed by atoms with Crippen molar-refractivity contribution in [3.05, 3.63) is 12.2 Å². The van der Waals surface area contributed by atoms with Gasteiger partial charge in [-0.05, 0) is 43.4 Å². The van der Waals surface area contributed by atoms with E-state index in [2.05, 4.69) is 12.2 Å². The zero-order chi connectivity index (χ0) is 9.10. The molecule has 3 unspecified atom stereocenters. The van der Waals surface area contributed by atoms with Gasteiger partial charge in [-0.2, -0.15) is 0 Å². The molecule has 0 bridgehead atoms. The first-order valence-electron chi connectivity index (χ1n) is 5.57. The second-order valence-electron chi connectivity index (χ2n) is 4.48. The topological polar surface area (TPSA) is 9.23 Å². The maximum Gasteiger partial charge on any atom is 0.0493 e. The van der Waals surface area contributed by atoms with Gasteiger partial charge in [0.15, 0.2) is 0 Å². The van der Waals surface area contributed by atoms with Gasteiger partial charge in [-0.15, -0.1) is 0 Å². The molecule has 0 aromatic heterocycles. The molecule has 0 radical (unpaired) electrons. The van der Waals surface area contributed by atoms with Crippen LogP contribution < -0.4 is 0 Å². The minimum atomic E-state index is 0.841. The summed E-state index contributed by atoms with van der Waals surface area (Å²) >= 11 is 0. The van der Waals surface area contributed by atoms with Crippen molar-refractivity contribution in [2.75, 3.05) is 13.7 Å². The highest BCUT2D eigenvalue weighted by molar-refractivity contribution is 5.00. The van der Waals surface area contributed by atoms with Crippen molar-refractivity contribution in [2.45, 2.75) is 32.1 Å². The van der Waals surface area contributed by atoms with Gasteiger partial charge in [-0.3, -0.25) is 0 Å². The fourth-order valence-corrected chi connectivity index (χ4v) is 3.06. The Balaban J connectivity index is 2.00. The highest BCUT2D eigenvalue weighted by atomic mass is 16.5. The molecule has 0 N–H and O–H groups in total. The molecule has 2 rings (SSSR count). The van der Waals surface area contributed by atoms with Gasteiger partial charge in [0.25, 0.3) is 0 Å². The molecular weight excluding hydrogens is 160 g/mol. The first kappa shape index (κ1) is 9.26. The van der Waals surface area contributed by atoms with Gasteiger partial charge < -0.3 is 4.74 Å². The van der Waals surface area contributed by atoms with E-state index in [4.69, 9.17) is 4.74 Å². The Morgan fingerprint density at radius 3 is 3.08 bits per heavy atom. The summed E-state index contributed by atoms with van der Waals surface area (Å²) in [5.41, 5.74) is 0. The summed E-state index contributed by atoms with van der Waals surface area (Å²) in [6.07, 6.45) is 11.7. The molecular formula is C12H20O. The number of allylic oxidation sites excluding steroid dienone is 2. The third-order valence-electron chi connectivity index (χ3n) is 3.70. The lowest BCUT2D eigenvalue weighted by molar-refractivity contribution is 0.0691. The lowest BCUT2D eigenvalue weighted by Crippen LogP contribution is -2.31. The summed E-state index contributed by atoms with van der Waals surface area (Å²) < 4.78 is 5.31. The van der Waals surface area contributed by atoms with Gasteiger partial charge in [0, 0.05) is 13.7 Å². The fourth-order valence-electron chi connectivity index (χ4n) is 3.06. The van der Waals surface area contributed by atoms with Gasteiger partial charge >= 0.3 is 0 Å². The first-order chi connectivity index (χ1) is 6.42.